The van der Waals surface area contributed by atoms with Gasteiger partial charge < -0.3 is 0 Å². The second kappa shape index (κ2) is 7.66. The van der Waals surface area contributed by atoms with Crippen LogP contribution >= 0.6 is 7.26 Å². The van der Waals surface area contributed by atoms with Crippen LogP contribution in [0.3, 0.4) is 0 Å². The molecule has 1 saturated heterocycles. The third-order valence-corrected chi connectivity index (χ3v) is 8.88. The molecule has 1 fully saturated rings. The van der Waals surface area contributed by atoms with Crippen LogP contribution in [0.4, 0.5) is 0 Å². The van der Waals surface area contributed by atoms with Crippen LogP contribution in [-0.2, 0) is 0 Å². The van der Waals surface area contributed by atoms with Gasteiger partial charge in [0, 0.05) is 0 Å². The molecule has 0 spiro atoms. The van der Waals surface area contributed by atoms with Gasteiger partial charge in [0.1, 0.15) is 0 Å². The number of hydrogen-bond acceptors (Lipinski definition) is 0. The molecule has 1 aliphatic heterocycles. The van der Waals surface area contributed by atoms with Gasteiger partial charge in [-0.05, 0) is 0 Å². The van der Waals surface area contributed by atoms with E-state index >= 15 is 0 Å². The standard InChI is InChI=1S/C14H31P/c1-3-4-5-6-7-9-12-15(2)13-10-8-11-14-15/h15H,3-14H2,1-2H3. The first-order valence-electron chi connectivity index (χ1n) is 7.27. The fourth-order valence-corrected chi connectivity index (χ4v) is 7.05. The molecule has 0 aromatic rings. The summed E-state index contributed by atoms with van der Waals surface area (Å²) in [6.45, 7) is 4.97. The zero-order valence-corrected chi connectivity index (χ0v) is 12.0. The van der Waals surface area contributed by atoms with Crippen LogP contribution in [0.5, 0.6) is 0 Å². The maximum atomic E-state index is 2.66. The third kappa shape index (κ3) is 5.91. The second-order valence-electron chi connectivity index (χ2n) is 5.89. The molecular weight excluding hydrogens is 199 g/mol. The normalized spacial score (nSPS) is 22.5. The first kappa shape index (κ1) is 13.5. The van der Waals surface area contributed by atoms with E-state index in [9.17, 15) is 0 Å². The summed E-state index contributed by atoms with van der Waals surface area (Å²) >= 11 is 0. The molecule has 0 aromatic carbocycles. The van der Waals surface area contributed by atoms with E-state index in [2.05, 4.69) is 13.6 Å². The molecule has 1 heterocycles. The number of rotatable bonds is 7. The molecular formula is C14H31P. The second-order valence-corrected chi connectivity index (χ2v) is 11.0. The van der Waals surface area contributed by atoms with E-state index in [0.717, 1.165) is 0 Å². The Morgan fingerprint density at radius 3 is 2.07 bits per heavy atom. The SMILES string of the molecule is CCCCCCCC[PH]1(C)CCCCC1. The van der Waals surface area contributed by atoms with E-state index in [0.29, 0.717) is 0 Å². The van der Waals surface area contributed by atoms with Gasteiger partial charge in [-0.2, -0.15) is 0 Å². The summed E-state index contributed by atoms with van der Waals surface area (Å²) in [5.74, 6) is 0. The Bertz CT molecular complexity index is 147. The van der Waals surface area contributed by atoms with Crippen LogP contribution in [0.2, 0.25) is 0 Å². The van der Waals surface area contributed by atoms with Crippen LogP contribution in [0.15, 0.2) is 0 Å². The Kier molecular flexibility index (Phi) is 6.89. The molecule has 0 aromatic heterocycles. The van der Waals surface area contributed by atoms with E-state index in [1.54, 1.807) is 37.7 Å². The number of unbranched alkanes of at least 4 members (excludes halogenated alkanes) is 5. The van der Waals surface area contributed by atoms with Gasteiger partial charge in [0.15, 0.2) is 0 Å². The molecule has 0 N–H and O–H groups in total. The Labute approximate surface area is 97.6 Å². The summed E-state index contributed by atoms with van der Waals surface area (Å²) in [7, 11) is -0.705. The average molecular weight is 230 g/mol. The summed E-state index contributed by atoms with van der Waals surface area (Å²) < 4.78 is 0. The molecule has 0 aliphatic carbocycles. The fourth-order valence-electron chi connectivity index (χ4n) is 2.99. The summed E-state index contributed by atoms with van der Waals surface area (Å²) in [4.78, 5) is 0. The topological polar surface area (TPSA) is 0 Å². The molecule has 0 nitrogen and oxygen atoms in total. The summed E-state index contributed by atoms with van der Waals surface area (Å²) in [5, 5.41) is 0. The molecule has 15 heavy (non-hydrogen) atoms. The maximum absolute atomic E-state index is 2.66. The fraction of sp³-hybridized carbons (Fsp3) is 1.00. The third-order valence-electron chi connectivity index (χ3n) is 4.19. The Morgan fingerprint density at radius 1 is 0.800 bits per heavy atom. The number of hydrogen-bond donors (Lipinski definition) is 0. The zero-order chi connectivity index (χ0) is 11.0. The van der Waals surface area contributed by atoms with E-state index in [1.165, 1.54) is 38.5 Å². The van der Waals surface area contributed by atoms with Crippen molar-refractivity contribution in [2.45, 2.75) is 64.7 Å². The Morgan fingerprint density at radius 2 is 1.40 bits per heavy atom. The van der Waals surface area contributed by atoms with Gasteiger partial charge in [0.05, 0.1) is 0 Å². The first-order chi connectivity index (χ1) is 7.27. The van der Waals surface area contributed by atoms with Crippen molar-refractivity contribution in [1.29, 1.82) is 0 Å². The van der Waals surface area contributed by atoms with Crippen molar-refractivity contribution >= 4 is 7.26 Å². The summed E-state index contributed by atoms with van der Waals surface area (Å²) in [6.07, 6.45) is 18.4. The molecule has 1 heteroatoms. The van der Waals surface area contributed by atoms with Gasteiger partial charge >= 0.3 is 97.1 Å². The van der Waals surface area contributed by atoms with Crippen LogP contribution in [0.1, 0.15) is 64.7 Å². The Balaban J connectivity index is 1.98. The quantitative estimate of drug-likeness (QED) is 0.430. The molecule has 0 amide bonds. The van der Waals surface area contributed by atoms with Gasteiger partial charge in [0.2, 0.25) is 0 Å². The van der Waals surface area contributed by atoms with Crippen LogP contribution < -0.4 is 0 Å². The van der Waals surface area contributed by atoms with Crippen LogP contribution in [0.25, 0.3) is 0 Å². The van der Waals surface area contributed by atoms with Crippen LogP contribution in [0, 0.1) is 0 Å². The van der Waals surface area contributed by atoms with Crippen molar-refractivity contribution in [3.63, 3.8) is 0 Å². The molecule has 0 bridgehead atoms. The van der Waals surface area contributed by atoms with Crippen molar-refractivity contribution < 1.29 is 0 Å². The molecule has 0 radical (unpaired) electrons. The van der Waals surface area contributed by atoms with Crippen molar-refractivity contribution in [1.82, 2.24) is 0 Å². The minimum atomic E-state index is -0.705. The Hall–Kier alpha value is 0.430. The van der Waals surface area contributed by atoms with Gasteiger partial charge in [-0.15, -0.1) is 0 Å². The van der Waals surface area contributed by atoms with Gasteiger partial charge in [-0.25, -0.2) is 0 Å². The van der Waals surface area contributed by atoms with Crippen molar-refractivity contribution in [2.75, 3.05) is 25.2 Å². The molecule has 0 atom stereocenters. The van der Waals surface area contributed by atoms with E-state index in [4.69, 9.17) is 0 Å². The van der Waals surface area contributed by atoms with E-state index < -0.39 is 7.26 Å². The predicted octanol–water partition coefficient (Wildman–Crippen LogP) is 4.91. The van der Waals surface area contributed by atoms with Crippen molar-refractivity contribution in [2.24, 2.45) is 0 Å². The molecule has 1 rings (SSSR count). The van der Waals surface area contributed by atoms with Crippen molar-refractivity contribution in [3.05, 3.63) is 0 Å². The van der Waals surface area contributed by atoms with Gasteiger partial charge in [-0.1, -0.05) is 0 Å². The van der Waals surface area contributed by atoms with Gasteiger partial charge in [-0.3, -0.25) is 0 Å². The summed E-state index contributed by atoms with van der Waals surface area (Å²) in [6, 6.07) is 0. The van der Waals surface area contributed by atoms with E-state index in [-0.39, 0.29) is 0 Å². The van der Waals surface area contributed by atoms with Crippen LogP contribution in [-0.4, -0.2) is 25.2 Å². The monoisotopic (exact) mass is 230 g/mol. The minimum absolute atomic E-state index is 0.705. The van der Waals surface area contributed by atoms with E-state index in [1.807, 2.05) is 0 Å². The predicted molar refractivity (Wildman–Crippen MR) is 76.1 cm³/mol. The molecule has 1 aliphatic rings. The average Bonchev–Trinajstić information content (AvgIpc) is 2.24. The van der Waals surface area contributed by atoms with Crippen molar-refractivity contribution in [3.8, 4) is 0 Å². The van der Waals surface area contributed by atoms with Gasteiger partial charge in [0.25, 0.3) is 0 Å². The molecule has 0 unspecified atom stereocenters. The molecule has 0 saturated carbocycles. The zero-order valence-electron chi connectivity index (χ0n) is 11.0. The first-order valence-corrected chi connectivity index (χ1v) is 10.4. The molecule has 92 valence electrons. The summed E-state index contributed by atoms with van der Waals surface area (Å²) in [5.41, 5.74) is 0.